The fourth-order valence-corrected chi connectivity index (χ4v) is 2.51. The lowest BCUT2D eigenvalue weighted by Crippen LogP contribution is -2.61. The summed E-state index contributed by atoms with van der Waals surface area (Å²) in [5, 5.41) is 13.1. The van der Waals surface area contributed by atoms with E-state index < -0.39 is 0 Å². The quantitative estimate of drug-likeness (QED) is 0.862. The van der Waals surface area contributed by atoms with Gasteiger partial charge in [-0.3, -0.25) is 4.90 Å². The van der Waals surface area contributed by atoms with Gasteiger partial charge in [-0.15, -0.1) is 0 Å². The largest absolute Gasteiger partial charge is 0.508 e. The molecule has 100 valence electrons. The van der Waals surface area contributed by atoms with Crippen LogP contribution in [0.2, 0.25) is 0 Å². The Bertz CT molecular complexity index is 403. The van der Waals surface area contributed by atoms with Gasteiger partial charge in [-0.2, -0.15) is 0 Å². The Morgan fingerprint density at radius 3 is 2.89 bits per heavy atom. The highest BCUT2D eigenvalue weighted by molar-refractivity contribution is 5.27. The average Bonchev–Trinajstić information content (AvgIpc) is 2.32. The lowest BCUT2D eigenvalue weighted by atomic mass is 9.95. The molecular formula is C15H24N2O. The average molecular weight is 248 g/mol. The normalized spacial score (nSPS) is 24.1. The van der Waals surface area contributed by atoms with Gasteiger partial charge in [-0.25, -0.2) is 0 Å². The molecule has 1 heterocycles. The number of aromatic hydroxyl groups is 1. The van der Waals surface area contributed by atoms with E-state index in [9.17, 15) is 5.11 Å². The highest BCUT2D eigenvalue weighted by atomic mass is 16.3. The van der Waals surface area contributed by atoms with Crippen molar-refractivity contribution in [3.05, 3.63) is 29.8 Å². The van der Waals surface area contributed by atoms with Crippen molar-refractivity contribution in [2.75, 3.05) is 13.1 Å². The molecule has 1 unspecified atom stereocenters. The van der Waals surface area contributed by atoms with Crippen LogP contribution in [0.1, 0.15) is 32.8 Å². The highest BCUT2D eigenvalue weighted by Gasteiger charge is 2.33. The third-order valence-electron chi connectivity index (χ3n) is 3.90. The van der Waals surface area contributed by atoms with Gasteiger partial charge in [0.25, 0.3) is 0 Å². The summed E-state index contributed by atoms with van der Waals surface area (Å²) in [5.41, 5.74) is 1.34. The molecule has 0 aliphatic carbocycles. The molecule has 1 aliphatic heterocycles. The molecule has 3 heteroatoms. The molecule has 1 aliphatic rings. The molecule has 0 aromatic heterocycles. The maximum absolute atomic E-state index is 9.54. The number of hydrogen-bond donors (Lipinski definition) is 2. The Labute approximate surface area is 110 Å². The van der Waals surface area contributed by atoms with Gasteiger partial charge < -0.3 is 10.4 Å². The van der Waals surface area contributed by atoms with Gasteiger partial charge in [0.2, 0.25) is 0 Å². The molecule has 2 N–H and O–H groups in total. The minimum atomic E-state index is 0.164. The zero-order valence-corrected chi connectivity index (χ0v) is 11.6. The lowest BCUT2D eigenvalue weighted by Gasteiger charge is -2.46. The molecular weight excluding hydrogens is 224 g/mol. The second-order valence-electron chi connectivity index (χ2n) is 5.85. The Morgan fingerprint density at radius 1 is 1.44 bits per heavy atom. The highest BCUT2D eigenvalue weighted by Crippen LogP contribution is 2.23. The number of phenolic OH excluding ortho intramolecular Hbond substituents is 1. The predicted molar refractivity (Wildman–Crippen MR) is 74.7 cm³/mol. The van der Waals surface area contributed by atoms with Crippen LogP contribution < -0.4 is 5.32 Å². The fraction of sp³-hybridized carbons (Fsp3) is 0.600. The Kier molecular flexibility index (Phi) is 3.93. The second-order valence-corrected chi connectivity index (χ2v) is 5.85. The maximum atomic E-state index is 9.54. The van der Waals surface area contributed by atoms with Crippen LogP contribution in [-0.4, -0.2) is 34.7 Å². The SMILES string of the molecule is CCC1CN(Cc2cccc(O)c2)C(C)(C)CN1. The Hall–Kier alpha value is -1.06. The minimum absolute atomic E-state index is 0.164. The third kappa shape index (κ3) is 3.03. The van der Waals surface area contributed by atoms with Gasteiger partial charge in [0, 0.05) is 31.2 Å². The number of nitrogens with zero attached hydrogens (tertiary/aromatic N) is 1. The summed E-state index contributed by atoms with van der Waals surface area (Å²) in [7, 11) is 0. The lowest BCUT2D eigenvalue weighted by molar-refractivity contribution is 0.0576. The molecule has 18 heavy (non-hydrogen) atoms. The van der Waals surface area contributed by atoms with E-state index in [1.807, 2.05) is 12.1 Å². The monoisotopic (exact) mass is 248 g/mol. The first-order valence-corrected chi connectivity index (χ1v) is 6.77. The van der Waals surface area contributed by atoms with E-state index >= 15 is 0 Å². The van der Waals surface area contributed by atoms with E-state index in [1.54, 1.807) is 6.07 Å². The smallest absolute Gasteiger partial charge is 0.115 e. The van der Waals surface area contributed by atoms with E-state index in [1.165, 1.54) is 5.56 Å². The molecule has 0 bridgehead atoms. The molecule has 2 rings (SSSR count). The van der Waals surface area contributed by atoms with E-state index in [0.29, 0.717) is 11.8 Å². The van der Waals surface area contributed by atoms with Crippen molar-refractivity contribution in [2.24, 2.45) is 0 Å². The number of benzene rings is 1. The molecule has 0 spiro atoms. The molecule has 1 saturated heterocycles. The van der Waals surface area contributed by atoms with Crippen LogP contribution in [0.25, 0.3) is 0 Å². The molecule has 1 fully saturated rings. The van der Waals surface area contributed by atoms with Crippen molar-refractivity contribution in [1.82, 2.24) is 10.2 Å². The number of rotatable bonds is 3. The van der Waals surface area contributed by atoms with E-state index in [2.05, 4.69) is 37.1 Å². The molecule has 0 saturated carbocycles. The maximum Gasteiger partial charge on any atom is 0.115 e. The van der Waals surface area contributed by atoms with Gasteiger partial charge in [0.1, 0.15) is 5.75 Å². The zero-order chi connectivity index (χ0) is 13.2. The molecule has 1 aromatic rings. The molecule has 1 atom stereocenters. The summed E-state index contributed by atoms with van der Waals surface area (Å²) < 4.78 is 0. The standard InChI is InChI=1S/C15H24N2O/c1-4-13-10-17(15(2,3)11-16-13)9-12-6-5-7-14(18)8-12/h5-8,13,16,18H,4,9-11H2,1-3H3. The van der Waals surface area contributed by atoms with Gasteiger partial charge in [0.15, 0.2) is 0 Å². The van der Waals surface area contributed by atoms with Crippen LogP contribution in [0, 0.1) is 0 Å². The molecule has 3 nitrogen and oxygen atoms in total. The van der Waals surface area contributed by atoms with Gasteiger partial charge in [-0.1, -0.05) is 19.1 Å². The summed E-state index contributed by atoms with van der Waals surface area (Å²) >= 11 is 0. The van der Waals surface area contributed by atoms with Crippen molar-refractivity contribution < 1.29 is 5.11 Å². The van der Waals surface area contributed by atoms with Crippen molar-refractivity contribution in [1.29, 1.82) is 0 Å². The van der Waals surface area contributed by atoms with E-state index in [-0.39, 0.29) is 5.54 Å². The summed E-state index contributed by atoms with van der Waals surface area (Å²) in [6, 6.07) is 8.16. The fourth-order valence-electron chi connectivity index (χ4n) is 2.51. The first kappa shape index (κ1) is 13.4. The van der Waals surface area contributed by atoms with Gasteiger partial charge in [-0.05, 0) is 38.0 Å². The van der Waals surface area contributed by atoms with Crippen molar-refractivity contribution in [2.45, 2.75) is 45.3 Å². The first-order valence-electron chi connectivity index (χ1n) is 6.77. The third-order valence-corrected chi connectivity index (χ3v) is 3.90. The molecule has 0 amide bonds. The topological polar surface area (TPSA) is 35.5 Å². The zero-order valence-electron chi connectivity index (χ0n) is 11.6. The number of phenols is 1. The van der Waals surface area contributed by atoms with Crippen LogP contribution >= 0.6 is 0 Å². The van der Waals surface area contributed by atoms with Crippen LogP contribution in [0.15, 0.2) is 24.3 Å². The number of piperazine rings is 1. The van der Waals surface area contributed by atoms with Crippen molar-refractivity contribution in [3.63, 3.8) is 0 Å². The minimum Gasteiger partial charge on any atom is -0.508 e. The summed E-state index contributed by atoms with van der Waals surface area (Å²) in [5.74, 6) is 0.354. The Morgan fingerprint density at radius 2 is 2.22 bits per heavy atom. The summed E-state index contributed by atoms with van der Waals surface area (Å²) in [4.78, 5) is 2.51. The van der Waals surface area contributed by atoms with Gasteiger partial charge in [0.05, 0.1) is 0 Å². The van der Waals surface area contributed by atoms with Gasteiger partial charge >= 0.3 is 0 Å². The Balaban J connectivity index is 2.10. The predicted octanol–water partition coefficient (Wildman–Crippen LogP) is 2.35. The second kappa shape index (κ2) is 5.29. The molecule has 1 aromatic carbocycles. The number of hydrogen-bond acceptors (Lipinski definition) is 3. The van der Waals surface area contributed by atoms with Crippen LogP contribution in [0.4, 0.5) is 0 Å². The van der Waals surface area contributed by atoms with Crippen LogP contribution in [0.3, 0.4) is 0 Å². The van der Waals surface area contributed by atoms with E-state index in [0.717, 1.165) is 26.1 Å². The summed E-state index contributed by atoms with van der Waals surface area (Å²) in [6.07, 6.45) is 1.16. The molecule has 0 radical (unpaired) electrons. The summed E-state index contributed by atoms with van der Waals surface area (Å²) in [6.45, 7) is 9.76. The van der Waals surface area contributed by atoms with Crippen molar-refractivity contribution in [3.8, 4) is 5.75 Å². The van der Waals surface area contributed by atoms with E-state index in [4.69, 9.17) is 0 Å². The van der Waals surface area contributed by atoms with Crippen molar-refractivity contribution >= 4 is 0 Å². The first-order chi connectivity index (χ1) is 8.51. The van der Waals surface area contributed by atoms with Crippen LogP contribution in [0.5, 0.6) is 5.75 Å². The van der Waals surface area contributed by atoms with Crippen LogP contribution in [-0.2, 0) is 6.54 Å². The number of nitrogens with one attached hydrogen (secondary N) is 1.